The number of para-hydroxylation sites is 2. The molecule has 1 aliphatic heterocycles. The van der Waals surface area contributed by atoms with Crippen molar-refractivity contribution in [1.29, 1.82) is 0 Å². The lowest BCUT2D eigenvalue weighted by Gasteiger charge is -2.24. The molecule has 0 N–H and O–H groups in total. The maximum absolute atomic E-state index is 2.45. The number of nitrogens with zero attached hydrogens (tertiary/aromatic N) is 2. The zero-order valence-corrected chi connectivity index (χ0v) is 21.2. The summed E-state index contributed by atoms with van der Waals surface area (Å²) in [6.07, 6.45) is 14.6. The van der Waals surface area contributed by atoms with Gasteiger partial charge in [0.1, 0.15) is 0 Å². The Morgan fingerprint density at radius 3 is 2.26 bits per heavy atom. The first kappa shape index (κ1) is 21.5. The Bertz CT molecular complexity index is 1780. The number of anilines is 2. The van der Waals surface area contributed by atoms with Crippen LogP contribution in [0.5, 0.6) is 0 Å². The highest BCUT2D eigenvalue weighted by molar-refractivity contribution is 5.93. The van der Waals surface area contributed by atoms with Gasteiger partial charge < -0.3 is 9.47 Å². The summed E-state index contributed by atoms with van der Waals surface area (Å²) in [5, 5.41) is 1.34. The Morgan fingerprint density at radius 1 is 0.684 bits per heavy atom. The maximum Gasteiger partial charge on any atom is 0.0537 e. The minimum absolute atomic E-state index is 0.453. The van der Waals surface area contributed by atoms with Gasteiger partial charge in [0.2, 0.25) is 0 Å². The van der Waals surface area contributed by atoms with Crippen molar-refractivity contribution in [3.63, 3.8) is 0 Å². The molecule has 0 fully saturated rings. The molecular weight excluding hydrogens is 460 g/mol. The van der Waals surface area contributed by atoms with Crippen LogP contribution in [0.2, 0.25) is 0 Å². The number of hydrogen-bond donors (Lipinski definition) is 0. The van der Waals surface area contributed by atoms with E-state index in [0.717, 1.165) is 19.3 Å². The van der Waals surface area contributed by atoms with E-state index in [9.17, 15) is 0 Å². The van der Waals surface area contributed by atoms with E-state index in [1.165, 1.54) is 61.6 Å². The van der Waals surface area contributed by atoms with Crippen LogP contribution in [0.1, 0.15) is 35.6 Å². The van der Waals surface area contributed by atoms with E-state index >= 15 is 0 Å². The van der Waals surface area contributed by atoms with Crippen LogP contribution in [-0.4, -0.2) is 4.57 Å². The number of fused-ring (bicyclic) bond motifs is 6. The van der Waals surface area contributed by atoms with Gasteiger partial charge in [0.05, 0.1) is 5.52 Å². The first-order chi connectivity index (χ1) is 18.9. The molecule has 1 unspecified atom stereocenters. The van der Waals surface area contributed by atoms with Crippen molar-refractivity contribution in [2.75, 3.05) is 4.90 Å². The fourth-order valence-electron chi connectivity index (χ4n) is 6.62. The average molecular weight is 489 g/mol. The molecule has 2 aliphatic carbocycles. The lowest BCUT2D eigenvalue weighted by Crippen LogP contribution is -2.14. The Balaban J connectivity index is 1.14. The number of rotatable bonds is 3. The van der Waals surface area contributed by atoms with E-state index in [1.54, 1.807) is 0 Å². The fraction of sp³-hybridized carbons (Fsp3) is 0.111. The monoisotopic (exact) mass is 488 g/mol. The summed E-state index contributed by atoms with van der Waals surface area (Å²) in [4.78, 5) is 2.44. The molecule has 8 rings (SSSR count). The molecule has 4 aromatic carbocycles. The smallest absolute Gasteiger partial charge is 0.0537 e. The Kier molecular flexibility index (Phi) is 4.81. The summed E-state index contributed by atoms with van der Waals surface area (Å²) in [6.45, 7) is 0. The normalized spacial score (nSPS) is 17.3. The molecule has 1 atom stereocenters. The van der Waals surface area contributed by atoms with Crippen molar-refractivity contribution in [3.8, 4) is 16.8 Å². The van der Waals surface area contributed by atoms with E-state index in [1.807, 2.05) is 0 Å². The number of aromatic nitrogens is 1. The maximum atomic E-state index is 2.45. The van der Waals surface area contributed by atoms with Crippen LogP contribution in [0.4, 0.5) is 11.4 Å². The van der Waals surface area contributed by atoms with E-state index in [4.69, 9.17) is 0 Å². The van der Waals surface area contributed by atoms with Crippen LogP contribution in [0.25, 0.3) is 33.8 Å². The van der Waals surface area contributed by atoms with Crippen molar-refractivity contribution >= 4 is 28.4 Å². The largest absolute Gasteiger partial charge is 0.313 e. The second-order valence-electron chi connectivity index (χ2n) is 10.4. The molecule has 0 saturated carbocycles. The van der Waals surface area contributed by atoms with Gasteiger partial charge in [0.15, 0.2) is 0 Å². The van der Waals surface area contributed by atoms with Crippen LogP contribution in [0, 0.1) is 0 Å². The molecule has 0 spiro atoms. The van der Waals surface area contributed by atoms with Crippen LogP contribution >= 0.6 is 0 Å². The van der Waals surface area contributed by atoms with E-state index in [2.05, 4.69) is 137 Å². The zero-order chi connectivity index (χ0) is 25.1. The third kappa shape index (κ3) is 3.20. The molecule has 182 valence electrons. The van der Waals surface area contributed by atoms with E-state index in [0.29, 0.717) is 5.92 Å². The minimum atomic E-state index is 0.453. The summed E-state index contributed by atoms with van der Waals surface area (Å²) in [6, 6.07) is 35.7. The minimum Gasteiger partial charge on any atom is -0.313 e. The summed E-state index contributed by atoms with van der Waals surface area (Å²) in [7, 11) is 0. The SMILES string of the molecule is C1=CCC2C(=C1)N(c1ccc(-c3ccc(-n4c5c(c6ccccc64)C=CCC5)cc3)cc1)c1ccccc12. The number of hydrogen-bond acceptors (Lipinski definition) is 1. The molecular formula is C36H28N2. The molecule has 3 aliphatic rings. The Labute approximate surface area is 223 Å². The fourth-order valence-corrected chi connectivity index (χ4v) is 6.62. The first-order valence-electron chi connectivity index (χ1n) is 13.6. The highest BCUT2D eigenvalue weighted by Gasteiger charge is 2.34. The zero-order valence-electron chi connectivity index (χ0n) is 21.2. The quantitative estimate of drug-likeness (QED) is 0.246. The van der Waals surface area contributed by atoms with Gasteiger partial charge in [-0.2, -0.15) is 0 Å². The molecule has 2 heteroatoms. The van der Waals surface area contributed by atoms with Crippen molar-refractivity contribution < 1.29 is 0 Å². The van der Waals surface area contributed by atoms with Crippen molar-refractivity contribution in [3.05, 3.63) is 144 Å². The number of allylic oxidation sites excluding steroid dienone is 5. The molecule has 0 bridgehead atoms. The lowest BCUT2D eigenvalue weighted by molar-refractivity contribution is 0.819. The third-order valence-corrected chi connectivity index (χ3v) is 8.38. The predicted octanol–water partition coefficient (Wildman–Crippen LogP) is 9.34. The molecule has 0 radical (unpaired) electrons. The van der Waals surface area contributed by atoms with Crippen LogP contribution in [-0.2, 0) is 6.42 Å². The van der Waals surface area contributed by atoms with Crippen LogP contribution in [0.15, 0.2) is 127 Å². The van der Waals surface area contributed by atoms with Crippen LogP contribution < -0.4 is 4.90 Å². The van der Waals surface area contributed by atoms with Gasteiger partial charge in [-0.25, -0.2) is 0 Å². The number of benzene rings is 4. The Hall–Kier alpha value is -4.56. The van der Waals surface area contributed by atoms with Crippen LogP contribution in [0.3, 0.4) is 0 Å². The first-order valence-corrected chi connectivity index (χ1v) is 13.6. The highest BCUT2D eigenvalue weighted by atomic mass is 15.2. The van der Waals surface area contributed by atoms with Gasteiger partial charge in [0.25, 0.3) is 0 Å². The Morgan fingerprint density at radius 2 is 1.42 bits per heavy atom. The summed E-state index contributed by atoms with van der Waals surface area (Å²) < 4.78 is 2.45. The second-order valence-corrected chi connectivity index (χ2v) is 10.4. The summed E-state index contributed by atoms with van der Waals surface area (Å²) >= 11 is 0. The molecule has 0 amide bonds. The molecule has 2 heterocycles. The van der Waals surface area contributed by atoms with Gasteiger partial charge >= 0.3 is 0 Å². The standard InChI is InChI=1S/C36H28N2/c1-5-13-33-29(9-1)30-10-2-6-14-34(30)37(33)27-21-17-25(18-22-27)26-19-23-28(24-20-26)38-35-15-7-3-11-31(35)32-12-4-8-16-36(32)38/h1-7,9,11-15,17-24,30H,8,10,16H2. The third-order valence-electron chi connectivity index (χ3n) is 8.38. The van der Waals surface area contributed by atoms with Crippen molar-refractivity contribution in [2.24, 2.45) is 0 Å². The molecule has 5 aromatic rings. The summed E-state index contributed by atoms with van der Waals surface area (Å²) in [5.74, 6) is 0.453. The van der Waals surface area contributed by atoms with E-state index in [-0.39, 0.29) is 0 Å². The van der Waals surface area contributed by atoms with Gasteiger partial charge in [-0.15, -0.1) is 0 Å². The van der Waals surface area contributed by atoms with Gasteiger partial charge in [0, 0.05) is 45.3 Å². The molecule has 38 heavy (non-hydrogen) atoms. The topological polar surface area (TPSA) is 8.17 Å². The average Bonchev–Trinajstić information content (AvgIpc) is 3.51. The van der Waals surface area contributed by atoms with Gasteiger partial charge in [-0.05, 0) is 78.4 Å². The van der Waals surface area contributed by atoms with Crippen molar-refractivity contribution in [1.82, 2.24) is 4.57 Å². The van der Waals surface area contributed by atoms with Gasteiger partial charge in [-0.3, -0.25) is 0 Å². The molecule has 2 nitrogen and oxygen atoms in total. The molecule has 1 aromatic heterocycles. The molecule has 0 saturated heterocycles. The van der Waals surface area contributed by atoms with Gasteiger partial charge in [-0.1, -0.05) is 85.0 Å². The van der Waals surface area contributed by atoms with E-state index < -0.39 is 0 Å². The van der Waals surface area contributed by atoms with Crippen molar-refractivity contribution in [2.45, 2.75) is 25.2 Å². The lowest BCUT2D eigenvalue weighted by atomic mass is 9.92. The summed E-state index contributed by atoms with van der Waals surface area (Å²) in [5.41, 5.74) is 13.1. The predicted molar refractivity (Wildman–Crippen MR) is 159 cm³/mol. The highest BCUT2D eigenvalue weighted by Crippen LogP contribution is 2.50. The second kappa shape index (κ2) is 8.49.